The minimum atomic E-state index is -0.306. The van der Waals surface area contributed by atoms with Crippen molar-refractivity contribution in [1.82, 2.24) is 4.57 Å². The molecule has 3 aromatic carbocycles. The fourth-order valence-corrected chi connectivity index (χ4v) is 3.00. The highest BCUT2D eigenvalue weighted by Crippen LogP contribution is 2.33. The first-order valence-corrected chi connectivity index (χ1v) is 7.78. The van der Waals surface area contributed by atoms with Crippen LogP contribution in [0.2, 0.25) is 0 Å². The van der Waals surface area contributed by atoms with Crippen LogP contribution in [0.3, 0.4) is 0 Å². The van der Waals surface area contributed by atoms with Crippen molar-refractivity contribution in [3.8, 4) is 16.8 Å². The van der Waals surface area contributed by atoms with Crippen LogP contribution in [0.15, 0.2) is 72.9 Å². The zero-order chi connectivity index (χ0) is 17.4. The number of carbonyl (C=O) groups is 1. The van der Waals surface area contributed by atoms with Crippen LogP contribution in [-0.4, -0.2) is 10.9 Å². The Balaban J connectivity index is 1.99. The van der Waals surface area contributed by atoms with E-state index in [9.17, 15) is 13.6 Å². The van der Waals surface area contributed by atoms with Gasteiger partial charge in [-0.2, -0.15) is 0 Å². The summed E-state index contributed by atoms with van der Waals surface area (Å²) in [6.07, 6.45) is 2.71. The summed E-state index contributed by atoms with van der Waals surface area (Å²) < 4.78 is 28.4. The maximum atomic E-state index is 13.3. The number of halogens is 2. The smallest absolute Gasteiger partial charge is 0.150 e. The number of carbonyl (C=O) groups excluding carboxylic acids is 1. The van der Waals surface area contributed by atoms with Gasteiger partial charge in [0, 0.05) is 28.4 Å². The normalized spacial score (nSPS) is 11.0. The molecule has 2 nitrogen and oxygen atoms in total. The summed E-state index contributed by atoms with van der Waals surface area (Å²) in [5, 5.41) is 0.875. The molecule has 0 saturated heterocycles. The van der Waals surface area contributed by atoms with Gasteiger partial charge in [-0.15, -0.1) is 0 Å². The Morgan fingerprint density at radius 3 is 2.08 bits per heavy atom. The van der Waals surface area contributed by atoms with E-state index in [1.807, 2.05) is 16.8 Å². The third-order valence-corrected chi connectivity index (χ3v) is 4.22. The molecule has 0 spiro atoms. The highest BCUT2D eigenvalue weighted by atomic mass is 19.1. The van der Waals surface area contributed by atoms with E-state index in [-0.39, 0.29) is 11.6 Å². The van der Waals surface area contributed by atoms with Crippen LogP contribution >= 0.6 is 0 Å². The summed E-state index contributed by atoms with van der Waals surface area (Å²) in [5.74, 6) is -0.609. The minimum absolute atomic E-state index is 0.304. The van der Waals surface area contributed by atoms with Crippen LogP contribution in [-0.2, 0) is 0 Å². The Labute approximate surface area is 143 Å². The largest absolute Gasteiger partial charge is 0.316 e. The fourth-order valence-electron chi connectivity index (χ4n) is 3.00. The Morgan fingerprint density at radius 2 is 1.44 bits per heavy atom. The number of aldehydes is 1. The van der Waals surface area contributed by atoms with Gasteiger partial charge in [0.25, 0.3) is 0 Å². The Kier molecular flexibility index (Phi) is 3.65. The summed E-state index contributed by atoms with van der Waals surface area (Å²) in [7, 11) is 0. The van der Waals surface area contributed by atoms with Crippen LogP contribution in [0.1, 0.15) is 10.4 Å². The van der Waals surface area contributed by atoms with E-state index in [1.165, 1.54) is 24.3 Å². The maximum Gasteiger partial charge on any atom is 0.150 e. The lowest BCUT2D eigenvalue weighted by molar-refractivity contribution is 0.112. The first-order valence-electron chi connectivity index (χ1n) is 7.78. The molecule has 0 fully saturated rings. The molecule has 1 aromatic heterocycles. The lowest BCUT2D eigenvalue weighted by Gasteiger charge is -2.05. The second-order valence-electron chi connectivity index (χ2n) is 5.79. The third-order valence-electron chi connectivity index (χ3n) is 4.22. The van der Waals surface area contributed by atoms with Crippen molar-refractivity contribution in [2.24, 2.45) is 0 Å². The molecule has 0 aliphatic carbocycles. The number of nitrogens with zero attached hydrogens (tertiary/aromatic N) is 1. The molecule has 4 rings (SSSR count). The van der Waals surface area contributed by atoms with E-state index in [2.05, 4.69) is 0 Å². The molecule has 0 aliphatic rings. The number of hydrogen-bond donors (Lipinski definition) is 0. The van der Waals surface area contributed by atoms with Crippen LogP contribution in [0.5, 0.6) is 0 Å². The average molecular weight is 333 g/mol. The van der Waals surface area contributed by atoms with E-state index in [0.29, 0.717) is 5.56 Å². The van der Waals surface area contributed by atoms with Crippen molar-refractivity contribution < 1.29 is 13.6 Å². The summed E-state index contributed by atoms with van der Waals surface area (Å²) >= 11 is 0. The van der Waals surface area contributed by atoms with Crippen molar-refractivity contribution in [1.29, 1.82) is 0 Å². The van der Waals surface area contributed by atoms with E-state index in [4.69, 9.17) is 0 Å². The average Bonchev–Trinajstić information content (AvgIpc) is 3.02. The molecule has 0 bridgehead atoms. The zero-order valence-corrected chi connectivity index (χ0v) is 13.1. The lowest BCUT2D eigenvalue weighted by Crippen LogP contribution is -1.92. The molecule has 25 heavy (non-hydrogen) atoms. The monoisotopic (exact) mass is 333 g/mol. The molecule has 0 unspecified atom stereocenters. The molecular weight excluding hydrogens is 320 g/mol. The summed E-state index contributed by atoms with van der Waals surface area (Å²) in [4.78, 5) is 11.2. The van der Waals surface area contributed by atoms with Crippen LogP contribution in [0, 0.1) is 11.6 Å². The number of benzene rings is 3. The summed E-state index contributed by atoms with van der Waals surface area (Å²) in [6.45, 7) is 0. The van der Waals surface area contributed by atoms with Gasteiger partial charge in [-0.25, -0.2) is 8.78 Å². The van der Waals surface area contributed by atoms with Crippen LogP contribution in [0.25, 0.3) is 27.7 Å². The lowest BCUT2D eigenvalue weighted by atomic mass is 10.0. The number of rotatable bonds is 3. The van der Waals surface area contributed by atoms with Crippen molar-refractivity contribution in [3.63, 3.8) is 0 Å². The predicted molar refractivity (Wildman–Crippen MR) is 94.0 cm³/mol. The van der Waals surface area contributed by atoms with Crippen LogP contribution in [0.4, 0.5) is 8.78 Å². The van der Waals surface area contributed by atoms with Gasteiger partial charge in [-0.3, -0.25) is 4.79 Å². The van der Waals surface area contributed by atoms with Crippen molar-refractivity contribution >= 4 is 17.2 Å². The van der Waals surface area contributed by atoms with E-state index < -0.39 is 0 Å². The van der Waals surface area contributed by atoms with Crippen LogP contribution < -0.4 is 0 Å². The molecule has 122 valence electrons. The standard InChI is InChI=1S/C21H13F2NO/c22-16-4-2-15(3-5-16)20-12-24(18-8-6-17(23)7-9-18)21-10-1-14(13-25)11-19(20)21/h1-13H. The Bertz CT molecular complexity index is 1060. The van der Waals surface area contributed by atoms with E-state index in [0.717, 1.165) is 34.0 Å². The van der Waals surface area contributed by atoms with Crippen molar-refractivity contribution in [2.75, 3.05) is 0 Å². The molecular formula is C21H13F2NO. The molecule has 0 atom stereocenters. The second kappa shape index (κ2) is 5.98. The zero-order valence-electron chi connectivity index (χ0n) is 13.1. The second-order valence-corrected chi connectivity index (χ2v) is 5.79. The summed E-state index contributed by atoms with van der Waals surface area (Å²) in [6, 6.07) is 17.8. The minimum Gasteiger partial charge on any atom is -0.316 e. The van der Waals surface area contributed by atoms with Gasteiger partial charge in [0.1, 0.15) is 17.9 Å². The topological polar surface area (TPSA) is 22.0 Å². The van der Waals surface area contributed by atoms with Gasteiger partial charge in [0.2, 0.25) is 0 Å². The van der Waals surface area contributed by atoms with Crippen molar-refractivity contribution in [3.05, 3.63) is 90.1 Å². The van der Waals surface area contributed by atoms with E-state index in [1.54, 1.807) is 36.4 Å². The SMILES string of the molecule is O=Cc1ccc2c(c1)c(-c1ccc(F)cc1)cn2-c1ccc(F)cc1. The highest BCUT2D eigenvalue weighted by Gasteiger charge is 2.12. The van der Waals surface area contributed by atoms with Gasteiger partial charge >= 0.3 is 0 Å². The van der Waals surface area contributed by atoms with Gasteiger partial charge in [-0.1, -0.05) is 12.1 Å². The predicted octanol–water partition coefficient (Wildman–Crippen LogP) is 5.39. The number of fused-ring (bicyclic) bond motifs is 1. The molecule has 4 heteroatoms. The van der Waals surface area contributed by atoms with Gasteiger partial charge in [-0.05, 0) is 60.2 Å². The molecule has 1 heterocycles. The van der Waals surface area contributed by atoms with Gasteiger partial charge < -0.3 is 4.57 Å². The number of aromatic nitrogens is 1. The first kappa shape index (κ1) is 15.3. The molecule has 0 N–H and O–H groups in total. The fraction of sp³-hybridized carbons (Fsp3) is 0. The van der Waals surface area contributed by atoms with E-state index >= 15 is 0 Å². The van der Waals surface area contributed by atoms with Crippen molar-refractivity contribution in [2.45, 2.75) is 0 Å². The maximum absolute atomic E-state index is 13.3. The molecule has 0 amide bonds. The van der Waals surface area contributed by atoms with Gasteiger partial charge in [0.05, 0.1) is 5.52 Å². The number of hydrogen-bond acceptors (Lipinski definition) is 1. The Morgan fingerprint density at radius 1 is 0.800 bits per heavy atom. The quantitative estimate of drug-likeness (QED) is 0.461. The molecule has 0 saturated carbocycles. The molecule has 0 radical (unpaired) electrons. The molecule has 0 aliphatic heterocycles. The summed E-state index contributed by atoms with van der Waals surface area (Å²) in [5.41, 5.74) is 3.97. The van der Waals surface area contributed by atoms with Gasteiger partial charge in [0.15, 0.2) is 0 Å². The first-order chi connectivity index (χ1) is 12.2. The Hall–Kier alpha value is -3.27. The highest BCUT2D eigenvalue weighted by molar-refractivity contribution is 5.99. The molecule has 4 aromatic rings. The third kappa shape index (κ3) is 2.72.